The zero-order valence-electron chi connectivity index (χ0n) is 38.0. The molecule has 0 aliphatic carbocycles. The lowest BCUT2D eigenvalue weighted by Gasteiger charge is -2.18. The largest absolute Gasteiger partial charge is 0.447 e. The molecule has 0 saturated heterocycles. The van der Waals surface area contributed by atoms with E-state index in [4.69, 9.17) is 14.2 Å². The van der Waals surface area contributed by atoms with Gasteiger partial charge in [0, 0.05) is 32.7 Å². The monoisotopic (exact) mass is 795 g/mol. The third-order valence-electron chi connectivity index (χ3n) is 11.1. The average Bonchev–Trinajstić information content (AvgIpc) is 3.20. The molecule has 0 bridgehead atoms. The maximum Gasteiger partial charge on any atom is 0.407 e. The number of nitrogens with one attached hydrogen (secondary N) is 2. The zero-order valence-corrected chi connectivity index (χ0v) is 38.0. The van der Waals surface area contributed by atoms with Gasteiger partial charge in [-0.2, -0.15) is 0 Å². The minimum atomic E-state index is -0.403. The molecule has 0 aromatic carbocycles. The second-order valence-corrected chi connectivity index (χ2v) is 16.9. The van der Waals surface area contributed by atoms with Gasteiger partial charge >= 0.3 is 6.09 Å². The van der Waals surface area contributed by atoms with Crippen molar-refractivity contribution in [3.63, 3.8) is 0 Å². The van der Waals surface area contributed by atoms with E-state index in [-0.39, 0.29) is 18.6 Å². The van der Waals surface area contributed by atoms with Crippen molar-refractivity contribution in [1.29, 1.82) is 0 Å². The highest BCUT2D eigenvalue weighted by atomic mass is 16.6. The fourth-order valence-electron chi connectivity index (χ4n) is 7.36. The molecule has 0 radical (unpaired) electrons. The Labute approximate surface area is 349 Å². The second kappa shape index (κ2) is 48.0. The van der Waals surface area contributed by atoms with Gasteiger partial charge in [-0.25, -0.2) is 4.79 Å². The molecule has 0 aliphatic heterocycles. The van der Waals surface area contributed by atoms with Crippen LogP contribution in [0.3, 0.4) is 0 Å². The van der Waals surface area contributed by atoms with Gasteiger partial charge in [-0.1, -0.05) is 220 Å². The van der Waals surface area contributed by atoms with Crippen LogP contribution in [0.4, 0.5) is 4.79 Å². The number of hydrogen-bond acceptors (Lipinski definition) is 5. The molecule has 0 saturated carbocycles. The lowest BCUT2D eigenvalue weighted by molar-refractivity contribution is -0.121. The number of carbonyl (C=O) groups is 2. The van der Waals surface area contributed by atoms with Gasteiger partial charge in [0.2, 0.25) is 5.91 Å². The molecular formula is C49H98N2O5. The van der Waals surface area contributed by atoms with E-state index in [9.17, 15) is 9.59 Å². The summed E-state index contributed by atoms with van der Waals surface area (Å²) in [7, 11) is 0. The van der Waals surface area contributed by atoms with Gasteiger partial charge in [-0.05, 0) is 32.1 Å². The predicted molar refractivity (Wildman–Crippen MR) is 241 cm³/mol. The quantitative estimate of drug-likeness (QED) is 0.0599. The van der Waals surface area contributed by atoms with Crippen LogP contribution in [-0.2, 0) is 19.0 Å². The Morgan fingerprint density at radius 1 is 0.393 bits per heavy atom. The van der Waals surface area contributed by atoms with Gasteiger partial charge in [0.05, 0.1) is 6.61 Å². The van der Waals surface area contributed by atoms with E-state index in [0.29, 0.717) is 26.2 Å². The van der Waals surface area contributed by atoms with Gasteiger partial charge in [-0.15, -0.1) is 0 Å². The summed E-state index contributed by atoms with van der Waals surface area (Å²) < 4.78 is 17.8. The van der Waals surface area contributed by atoms with Crippen LogP contribution in [0.25, 0.3) is 0 Å². The highest BCUT2D eigenvalue weighted by Gasteiger charge is 2.13. The van der Waals surface area contributed by atoms with E-state index in [1.807, 2.05) is 0 Å². The molecule has 7 nitrogen and oxygen atoms in total. The Balaban J connectivity index is 4.07. The molecule has 0 spiro atoms. The van der Waals surface area contributed by atoms with Gasteiger partial charge < -0.3 is 24.8 Å². The van der Waals surface area contributed by atoms with Crippen LogP contribution < -0.4 is 10.6 Å². The van der Waals surface area contributed by atoms with Crippen LogP contribution >= 0.6 is 0 Å². The molecular weight excluding hydrogens is 697 g/mol. The Kier molecular flexibility index (Phi) is 46.9. The van der Waals surface area contributed by atoms with Crippen LogP contribution in [-0.4, -0.2) is 57.6 Å². The van der Waals surface area contributed by atoms with Crippen LogP contribution in [0, 0.1) is 0 Å². The van der Waals surface area contributed by atoms with Crippen molar-refractivity contribution in [1.82, 2.24) is 10.6 Å². The number of carbonyl (C=O) groups excluding carboxylic acids is 2. The van der Waals surface area contributed by atoms with E-state index < -0.39 is 6.09 Å². The fourth-order valence-corrected chi connectivity index (χ4v) is 7.36. The van der Waals surface area contributed by atoms with Crippen LogP contribution in [0.5, 0.6) is 0 Å². The predicted octanol–water partition coefficient (Wildman–Crippen LogP) is 14.7. The number of ether oxygens (including phenoxy) is 3. The molecule has 7 heteroatoms. The van der Waals surface area contributed by atoms with Crippen LogP contribution in [0.15, 0.2) is 0 Å². The van der Waals surface area contributed by atoms with Gasteiger partial charge in [-0.3, -0.25) is 4.79 Å². The number of unbranched alkanes of at least 4 members (excludes halogenated alkanes) is 32. The first kappa shape index (κ1) is 54.7. The minimum absolute atomic E-state index is 0.113. The third-order valence-corrected chi connectivity index (χ3v) is 11.1. The highest BCUT2D eigenvalue weighted by molar-refractivity contribution is 5.75. The van der Waals surface area contributed by atoms with Gasteiger partial charge in [0.15, 0.2) is 0 Å². The summed E-state index contributed by atoms with van der Waals surface area (Å²) in [6.45, 7) is 10.0. The highest BCUT2D eigenvalue weighted by Crippen LogP contribution is 2.16. The van der Waals surface area contributed by atoms with E-state index in [1.165, 1.54) is 193 Å². The van der Waals surface area contributed by atoms with E-state index >= 15 is 0 Å². The molecule has 334 valence electrons. The maximum atomic E-state index is 12.4. The van der Waals surface area contributed by atoms with Crippen molar-refractivity contribution >= 4 is 12.0 Å². The summed E-state index contributed by atoms with van der Waals surface area (Å²) in [5.74, 6) is 0.113. The van der Waals surface area contributed by atoms with Crippen molar-refractivity contribution < 1.29 is 23.8 Å². The molecule has 56 heavy (non-hydrogen) atoms. The summed E-state index contributed by atoms with van der Waals surface area (Å²) in [6.07, 6.45) is 46.9. The molecule has 0 unspecified atom stereocenters. The smallest absolute Gasteiger partial charge is 0.407 e. The molecule has 0 aromatic heterocycles. The van der Waals surface area contributed by atoms with Crippen LogP contribution in [0.1, 0.15) is 258 Å². The topological polar surface area (TPSA) is 85.9 Å². The summed E-state index contributed by atoms with van der Waals surface area (Å²) in [5, 5.41) is 5.76. The SMILES string of the molecule is CCCCCCCCCCCCCCCCCCOC[C@H](COC(=O)NCCCCCC(=O)NCCC)OCCCCCCCCCCCCCCCCCC. The molecule has 0 aromatic rings. The number of amides is 2. The normalized spacial score (nSPS) is 11.9. The molecule has 0 fully saturated rings. The molecule has 0 heterocycles. The Morgan fingerprint density at radius 3 is 1.21 bits per heavy atom. The molecule has 2 N–H and O–H groups in total. The van der Waals surface area contributed by atoms with Gasteiger partial charge in [0.1, 0.15) is 12.7 Å². The first-order chi connectivity index (χ1) is 27.6. The number of alkyl carbamates (subject to hydrolysis) is 1. The summed E-state index contributed by atoms with van der Waals surface area (Å²) in [4.78, 5) is 24.1. The van der Waals surface area contributed by atoms with Gasteiger partial charge in [0.25, 0.3) is 0 Å². The lowest BCUT2D eigenvalue weighted by atomic mass is 10.0. The van der Waals surface area contributed by atoms with Crippen molar-refractivity contribution in [3.05, 3.63) is 0 Å². The Hall–Kier alpha value is -1.34. The Bertz CT molecular complexity index is 782. The van der Waals surface area contributed by atoms with Crippen molar-refractivity contribution in [2.24, 2.45) is 0 Å². The van der Waals surface area contributed by atoms with Crippen LogP contribution in [0.2, 0.25) is 0 Å². The first-order valence-corrected chi connectivity index (χ1v) is 25.0. The maximum absolute atomic E-state index is 12.4. The summed E-state index contributed by atoms with van der Waals surface area (Å²) in [5.41, 5.74) is 0. The van der Waals surface area contributed by atoms with Crippen molar-refractivity contribution in [3.8, 4) is 0 Å². The standard InChI is InChI=1S/C49H98N2O5/c1-4-7-9-11-13-15-17-19-21-23-25-27-29-31-33-38-43-54-45-47(46-56-49(53)51-42-37-35-36-40-48(52)50-41-6-3)55-44-39-34-32-30-28-26-24-22-20-18-16-14-12-10-8-5-2/h47H,4-46H2,1-3H3,(H,50,52)(H,51,53)/t47-/m1/s1. The molecule has 0 aliphatic rings. The van der Waals surface area contributed by atoms with E-state index in [0.717, 1.165) is 51.7 Å². The van der Waals surface area contributed by atoms with Crippen molar-refractivity contribution in [2.45, 2.75) is 264 Å². The summed E-state index contributed by atoms with van der Waals surface area (Å²) >= 11 is 0. The second-order valence-electron chi connectivity index (χ2n) is 16.9. The van der Waals surface area contributed by atoms with E-state index in [2.05, 4.69) is 31.4 Å². The number of hydrogen-bond donors (Lipinski definition) is 2. The molecule has 1 atom stereocenters. The zero-order chi connectivity index (χ0) is 40.7. The average molecular weight is 795 g/mol. The fraction of sp³-hybridized carbons (Fsp3) is 0.959. The Morgan fingerprint density at radius 2 is 0.786 bits per heavy atom. The molecule has 0 rings (SSSR count). The molecule has 2 amide bonds. The van der Waals surface area contributed by atoms with E-state index in [1.54, 1.807) is 0 Å². The van der Waals surface area contributed by atoms with Crippen molar-refractivity contribution in [2.75, 3.05) is 39.5 Å². The third kappa shape index (κ3) is 45.4. The lowest BCUT2D eigenvalue weighted by Crippen LogP contribution is -2.32. The number of rotatable bonds is 47. The summed E-state index contributed by atoms with van der Waals surface area (Å²) in [6, 6.07) is 0. The minimum Gasteiger partial charge on any atom is -0.447 e. The first-order valence-electron chi connectivity index (χ1n) is 25.0.